The summed E-state index contributed by atoms with van der Waals surface area (Å²) in [6.45, 7) is -2.46. The van der Waals surface area contributed by atoms with E-state index in [2.05, 4.69) is 0 Å². The fourth-order valence-corrected chi connectivity index (χ4v) is 5.16. The fourth-order valence-electron chi connectivity index (χ4n) is 5.16. The molecule has 0 unspecified atom stereocenters. The third-order valence-electron chi connectivity index (χ3n) is 8.31. The molecule has 0 radical (unpaired) electrons. The van der Waals surface area contributed by atoms with Crippen molar-refractivity contribution in [3.05, 3.63) is 95.1 Å². The Morgan fingerprint density at radius 3 is 0.893 bits per heavy atom. The predicted molar refractivity (Wildman–Crippen MR) is 197 cm³/mol. The van der Waals surface area contributed by atoms with Gasteiger partial charge in [0.1, 0.15) is 31.8 Å². The Kier molecular flexibility index (Phi) is 14.6. The van der Waals surface area contributed by atoms with E-state index in [1.165, 1.54) is 116 Å². The monoisotopic (exact) mass is 778 g/mol. The smallest absolute Gasteiger partial charge is 0.338 e. The summed E-state index contributed by atoms with van der Waals surface area (Å²) in [5, 5.41) is 10.3. The molecule has 0 atom stereocenters. The summed E-state index contributed by atoms with van der Waals surface area (Å²) in [5.74, 6) is -1.86. The Morgan fingerprint density at radius 1 is 0.393 bits per heavy atom. The molecule has 0 amide bonds. The number of rotatable bonds is 19. The molecule has 0 saturated carbocycles. The first-order chi connectivity index (χ1) is 26.9. The van der Waals surface area contributed by atoms with Crippen LogP contribution in [0.3, 0.4) is 0 Å². The van der Waals surface area contributed by atoms with Gasteiger partial charge in [0.05, 0.1) is 72.0 Å². The van der Waals surface area contributed by atoms with Crippen molar-refractivity contribution in [2.75, 3.05) is 76.2 Å². The van der Waals surface area contributed by atoms with Crippen LogP contribution in [0.15, 0.2) is 72.8 Å². The minimum Gasteiger partial charge on any atom is -0.504 e. The molecule has 0 spiro atoms. The molecule has 0 fully saturated rings. The van der Waals surface area contributed by atoms with Gasteiger partial charge in [0.15, 0.2) is 46.0 Å². The molecule has 16 heteroatoms. The molecule has 0 aliphatic carbocycles. The molecule has 16 nitrogen and oxygen atoms in total. The van der Waals surface area contributed by atoms with Crippen LogP contribution in [0.2, 0.25) is 0 Å². The first-order valence-electron chi connectivity index (χ1n) is 16.7. The van der Waals surface area contributed by atoms with E-state index in [1.807, 2.05) is 0 Å². The minimum atomic E-state index is -1.73. The van der Waals surface area contributed by atoms with E-state index in [4.69, 9.17) is 52.1 Å². The van der Waals surface area contributed by atoms with Crippen LogP contribution in [0.4, 0.5) is 0 Å². The lowest BCUT2D eigenvalue weighted by Gasteiger charge is -2.31. The number of ether oxygens (including phenoxy) is 11. The van der Waals surface area contributed by atoms with Crippen LogP contribution in [-0.2, 0) is 18.9 Å². The minimum absolute atomic E-state index is 0.0619. The lowest BCUT2D eigenvalue weighted by molar-refractivity contribution is -0.0642. The van der Waals surface area contributed by atoms with Gasteiger partial charge >= 0.3 is 23.9 Å². The number of benzene rings is 4. The highest BCUT2D eigenvalue weighted by atomic mass is 16.6. The van der Waals surface area contributed by atoms with Crippen LogP contribution in [-0.4, -0.2) is 105 Å². The van der Waals surface area contributed by atoms with Crippen LogP contribution in [0.25, 0.3) is 0 Å². The largest absolute Gasteiger partial charge is 0.504 e. The zero-order chi connectivity index (χ0) is 40.8. The summed E-state index contributed by atoms with van der Waals surface area (Å²) in [4.78, 5) is 53.7. The van der Waals surface area contributed by atoms with E-state index in [0.717, 1.165) is 6.07 Å². The number of aromatic hydroxyl groups is 1. The molecule has 0 heterocycles. The molecule has 4 aromatic rings. The first kappa shape index (κ1) is 41.9. The molecule has 298 valence electrons. The quantitative estimate of drug-likeness (QED) is 0.0969. The molecular formula is C40H42O16. The highest BCUT2D eigenvalue weighted by molar-refractivity contribution is 5.92. The molecular weight excluding hydrogens is 736 g/mol. The van der Waals surface area contributed by atoms with Crippen LogP contribution >= 0.6 is 0 Å². The third-order valence-corrected chi connectivity index (χ3v) is 8.31. The van der Waals surface area contributed by atoms with Crippen molar-refractivity contribution in [1.29, 1.82) is 0 Å². The molecule has 0 bridgehead atoms. The molecule has 56 heavy (non-hydrogen) atoms. The lowest BCUT2D eigenvalue weighted by Crippen LogP contribution is -2.44. The van der Waals surface area contributed by atoms with Gasteiger partial charge in [-0.15, -0.1) is 0 Å². The predicted octanol–water partition coefficient (Wildman–Crippen LogP) is 5.17. The summed E-state index contributed by atoms with van der Waals surface area (Å²) < 4.78 is 59.6. The van der Waals surface area contributed by atoms with Crippen molar-refractivity contribution in [1.82, 2.24) is 0 Å². The van der Waals surface area contributed by atoms with Crippen LogP contribution in [0, 0.1) is 5.41 Å². The molecule has 0 aromatic heterocycles. The van der Waals surface area contributed by atoms with E-state index in [1.54, 1.807) is 0 Å². The van der Waals surface area contributed by atoms with Gasteiger partial charge in [-0.2, -0.15) is 0 Å². The van der Waals surface area contributed by atoms with Crippen LogP contribution in [0.5, 0.6) is 46.0 Å². The fraction of sp³-hybridized carbons (Fsp3) is 0.300. The molecule has 0 aliphatic heterocycles. The van der Waals surface area contributed by atoms with Crippen molar-refractivity contribution in [2.45, 2.75) is 0 Å². The summed E-state index contributed by atoms with van der Waals surface area (Å²) in [6.07, 6.45) is 0. The van der Waals surface area contributed by atoms with E-state index in [0.29, 0.717) is 17.2 Å². The highest BCUT2D eigenvalue weighted by Gasteiger charge is 2.39. The van der Waals surface area contributed by atoms with Gasteiger partial charge in [-0.1, -0.05) is 0 Å². The maximum absolute atomic E-state index is 13.5. The maximum Gasteiger partial charge on any atom is 0.338 e. The van der Waals surface area contributed by atoms with E-state index in [-0.39, 0.29) is 51.0 Å². The summed E-state index contributed by atoms with van der Waals surface area (Å²) >= 11 is 0. The average Bonchev–Trinajstić information content (AvgIpc) is 3.24. The van der Waals surface area contributed by atoms with Gasteiger partial charge in [-0.3, -0.25) is 0 Å². The zero-order valence-corrected chi connectivity index (χ0v) is 31.8. The normalized spacial score (nSPS) is 10.7. The van der Waals surface area contributed by atoms with Crippen LogP contribution in [0.1, 0.15) is 41.4 Å². The van der Waals surface area contributed by atoms with Gasteiger partial charge in [0.2, 0.25) is 0 Å². The van der Waals surface area contributed by atoms with Crippen molar-refractivity contribution in [3.63, 3.8) is 0 Å². The number of phenols is 1. The Labute approximate surface area is 322 Å². The average molecular weight is 779 g/mol. The molecule has 1 N–H and O–H groups in total. The first-order valence-corrected chi connectivity index (χ1v) is 16.7. The topological polar surface area (TPSA) is 190 Å². The third kappa shape index (κ3) is 10.2. The van der Waals surface area contributed by atoms with E-state index in [9.17, 15) is 24.3 Å². The van der Waals surface area contributed by atoms with Gasteiger partial charge in [0, 0.05) is 0 Å². The maximum atomic E-state index is 13.5. The van der Waals surface area contributed by atoms with Crippen LogP contribution < -0.4 is 33.2 Å². The molecule has 4 rings (SSSR count). The Morgan fingerprint density at radius 2 is 0.643 bits per heavy atom. The Balaban J connectivity index is 1.71. The Bertz CT molecular complexity index is 1850. The number of esters is 4. The SMILES string of the molecule is COc1ccc(C(=O)OCC(COC(=O)c2ccc(OC)c(OC)c2)(COC(=O)c2ccc(OC)c(OC)c2)COC(=O)c2ccc(OC)c(OC)c2)cc1O. The van der Waals surface area contributed by atoms with Gasteiger partial charge < -0.3 is 57.2 Å². The summed E-state index contributed by atoms with van der Waals surface area (Å²) in [7, 11) is 9.84. The zero-order valence-electron chi connectivity index (χ0n) is 31.8. The lowest BCUT2D eigenvalue weighted by atomic mass is 9.92. The Hall–Kier alpha value is -6.84. The van der Waals surface area contributed by atoms with Crippen molar-refractivity contribution >= 4 is 23.9 Å². The molecule has 0 saturated heterocycles. The number of carbonyl (C=O) groups excluding carboxylic acids is 4. The second-order valence-corrected chi connectivity index (χ2v) is 11.9. The summed E-state index contributed by atoms with van der Waals surface area (Å²) in [6, 6.07) is 16.9. The highest BCUT2D eigenvalue weighted by Crippen LogP contribution is 2.32. The second kappa shape index (κ2) is 19.5. The van der Waals surface area contributed by atoms with Crippen molar-refractivity contribution < 1.29 is 76.4 Å². The number of hydrogen-bond acceptors (Lipinski definition) is 16. The van der Waals surface area contributed by atoms with E-state index >= 15 is 0 Å². The number of carbonyl (C=O) groups is 4. The number of phenolic OH excluding ortho intramolecular Hbond substituents is 1. The summed E-state index contributed by atoms with van der Waals surface area (Å²) in [5.41, 5.74) is -1.61. The number of hydrogen-bond donors (Lipinski definition) is 1. The van der Waals surface area contributed by atoms with E-state index < -0.39 is 55.7 Å². The van der Waals surface area contributed by atoms with Gasteiger partial charge in [0.25, 0.3) is 0 Å². The van der Waals surface area contributed by atoms with Crippen molar-refractivity contribution in [3.8, 4) is 46.0 Å². The van der Waals surface area contributed by atoms with Gasteiger partial charge in [-0.05, 0) is 72.8 Å². The number of methoxy groups -OCH3 is 7. The van der Waals surface area contributed by atoms with Crippen molar-refractivity contribution in [2.24, 2.45) is 5.41 Å². The molecule has 0 aliphatic rings. The van der Waals surface area contributed by atoms with Gasteiger partial charge in [-0.25, -0.2) is 19.2 Å². The molecule has 4 aromatic carbocycles. The second-order valence-electron chi connectivity index (χ2n) is 11.9. The standard InChI is InChI=1S/C40H42O16/c1-46-29-12-8-24(16-28(29)41)36(42)53-20-40(21-54-37(43)25-9-13-30(47-2)33(17-25)50-5,22-55-38(44)26-10-14-31(48-3)34(18-26)51-6)23-56-39(45)27-11-15-32(49-4)35(19-27)52-7/h8-19,41H,20-23H2,1-7H3.